The second kappa shape index (κ2) is 9.59. The van der Waals surface area contributed by atoms with Crippen molar-refractivity contribution in [1.29, 1.82) is 0 Å². The first-order valence-electron chi connectivity index (χ1n) is 10.4. The van der Waals surface area contributed by atoms with Gasteiger partial charge >= 0.3 is 0 Å². The molecule has 0 radical (unpaired) electrons. The molecule has 1 atom stereocenters. The third-order valence-electron chi connectivity index (χ3n) is 5.37. The molecule has 0 unspecified atom stereocenters. The highest BCUT2D eigenvalue weighted by Gasteiger charge is 2.28. The molecule has 0 spiro atoms. The number of benzene rings is 1. The van der Waals surface area contributed by atoms with Crippen LogP contribution in [-0.2, 0) is 11.2 Å². The van der Waals surface area contributed by atoms with E-state index in [0.29, 0.717) is 31.2 Å². The highest BCUT2D eigenvalue weighted by Crippen LogP contribution is 2.27. The van der Waals surface area contributed by atoms with E-state index in [1.807, 2.05) is 0 Å². The molecular weight excluding hydrogens is 415 g/mol. The predicted octanol–water partition coefficient (Wildman–Crippen LogP) is 2.64. The van der Waals surface area contributed by atoms with Crippen LogP contribution in [0.25, 0.3) is 0 Å². The number of hydrogen-bond donors (Lipinski definition) is 2. The summed E-state index contributed by atoms with van der Waals surface area (Å²) in [6.07, 6.45) is 6.38. The predicted molar refractivity (Wildman–Crippen MR) is 112 cm³/mol. The van der Waals surface area contributed by atoms with Gasteiger partial charge in [-0.3, -0.25) is 14.6 Å². The van der Waals surface area contributed by atoms with Crippen molar-refractivity contribution in [2.75, 3.05) is 19.6 Å². The molecule has 9 heteroatoms. The Morgan fingerprint density at radius 3 is 2.81 bits per heavy atom. The lowest BCUT2D eigenvalue weighted by Gasteiger charge is -2.31. The Kier molecular flexibility index (Phi) is 6.44. The highest BCUT2D eigenvalue weighted by atomic mass is 19.1. The molecule has 2 N–H and O–H groups in total. The van der Waals surface area contributed by atoms with Crippen LogP contribution in [0.5, 0.6) is 5.75 Å². The largest absolute Gasteiger partial charge is 0.506 e. The molecule has 2 aromatic heterocycles. The molecule has 3 heterocycles. The molecule has 32 heavy (non-hydrogen) atoms. The van der Waals surface area contributed by atoms with E-state index in [-0.39, 0.29) is 35.5 Å². The van der Waals surface area contributed by atoms with Crippen LogP contribution in [0.4, 0.5) is 4.39 Å². The molecule has 3 aromatic rings. The number of hydrogen-bond acceptors (Lipinski definition) is 6. The summed E-state index contributed by atoms with van der Waals surface area (Å²) in [5, 5.41) is 12.0. The van der Waals surface area contributed by atoms with Crippen molar-refractivity contribution in [2.45, 2.75) is 25.2 Å². The van der Waals surface area contributed by atoms with E-state index < -0.39 is 5.91 Å². The van der Waals surface area contributed by atoms with Gasteiger partial charge in [0.15, 0.2) is 5.89 Å². The summed E-state index contributed by atoms with van der Waals surface area (Å²) in [6.45, 7) is 0.906. The van der Waals surface area contributed by atoms with Gasteiger partial charge in [0, 0.05) is 25.7 Å². The van der Waals surface area contributed by atoms with Gasteiger partial charge in [-0.2, -0.15) is 0 Å². The van der Waals surface area contributed by atoms with Gasteiger partial charge in [-0.25, -0.2) is 9.37 Å². The molecule has 0 bridgehead atoms. The van der Waals surface area contributed by atoms with Crippen molar-refractivity contribution in [1.82, 2.24) is 20.2 Å². The summed E-state index contributed by atoms with van der Waals surface area (Å²) in [6, 6.07) is 7.52. The van der Waals surface area contributed by atoms with Crippen molar-refractivity contribution < 1.29 is 23.5 Å². The Bertz CT molecular complexity index is 1100. The molecular formula is C23H23FN4O4. The quantitative estimate of drug-likeness (QED) is 0.613. The van der Waals surface area contributed by atoms with E-state index in [9.17, 15) is 19.1 Å². The van der Waals surface area contributed by atoms with Crippen LogP contribution >= 0.6 is 0 Å². The summed E-state index contributed by atoms with van der Waals surface area (Å²) in [7, 11) is 0. The van der Waals surface area contributed by atoms with Crippen LogP contribution < -0.4 is 5.32 Å². The molecule has 1 aromatic carbocycles. The number of oxazole rings is 1. The van der Waals surface area contributed by atoms with E-state index in [2.05, 4.69) is 15.3 Å². The van der Waals surface area contributed by atoms with Gasteiger partial charge in [-0.15, -0.1) is 0 Å². The van der Waals surface area contributed by atoms with Crippen molar-refractivity contribution in [3.8, 4) is 5.75 Å². The first-order chi connectivity index (χ1) is 15.5. The zero-order valence-electron chi connectivity index (χ0n) is 17.3. The number of aromatic hydroxyl groups is 1. The van der Waals surface area contributed by atoms with Gasteiger partial charge in [0.1, 0.15) is 17.3 Å². The fourth-order valence-corrected chi connectivity index (χ4v) is 3.72. The molecule has 166 valence electrons. The van der Waals surface area contributed by atoms with E-state index in [0.717, 1.165) is 18.4 Å². The lowest BCUT2D eigenvalue weighted by Crippen LogP contribution is -2.44. The maximum atomic E-state index is 13.1. The van der Waals surface area contributed by atoms with Gasteiger partial charge in [0.2, 0.25) is 5.91 Å². The van der Waals surface area contributed by atoms with E-state index in [1.165, 1.54) is 30.6 Å². The average molecular weight is 438 g/mol. The number of halogens is 1. The van der Waals surface area contributed by atoms with Gasteiger partial charge in [-0.1, -0.05) is 12.1 Å². The van der Waals surface area contributed by atoms with E-state index in [4.69, 9.17) is 4.42 Å². The maximum Gasteiger partial charge on any atom is 0.253 e. The molecule has 8 nitrogen and oxygen atoms in total. The summed E-state index contributed by atoms with van der Waals surface area (Å²) in [5.74, 6) is 0.154. The summed E-state index contributed by atoms with van der Waals surface area (Å²) in [5.41, 5.74) is 1.11. The molecule has 4 rings (SSSR count). The maximum absolute atomic E-state index is 13.1. The number of piperidine rings is 1. The number of nitrogens with one attached hydrogen (secondary N) is 1. The second-order valence-corrected chi connectivity index (χ2v) is 7.76. The van der Waals surface area contributed by atoms with Crippen LogP contribution in [0, 0.1) is 5.82 Å². The monoisotopic (exact) mass is 438 g/mol. The third kappa shape index (κ3) is 5.29. The standard InChI is InChI=1S/C23H23FN4O4/c24-18-5-3-15(4-6-18)8-20-12-27-23(32-20)16-2-1-7-28(14-16)21(30)13-26-22(31)17-9-19(29)11-25-10-17/h3-6,9-12,16,29H,1-2,7-8,13-14H2,(H,26,31)/t16-/m1/s1. The normalized spacial score (nSPS) is 16.0. The van der Waals surface area contributed by atoms with Crippen LogP contribution in [0.1, 0.15) is 46.3 Å². The van der Waals surface area contributed by atoms with Crippen molar-refractivity contribution in [3.63, 3.8) is 0 Å². The van der Waals surface area contributed by atoms with E-state index >= 15 is 0 Å². The van der Waals surface area contributed by atoms with Crippen molar-refractivity contribution >= 4 is 11.8 Å². The fraction of sp³-hybridized carbons (Fsp3) is 0.304. The minimum atomic E-state index is -0.478. The Morgan fingerprint density at radius 1 is 1.22 bits per heavy atom. The number of carbonyl (C=O) groups is 2. The van der Waals surface area contributed by atoms with Crippen molar-refractivity contribution in [2.24, 2.45) is 0 Å². The smallest absolute Gasteiger partial charge is 0.253 e. The molecule has 2 amide bonds. The van der Waals surface area contributed by atoms with Crippen LogP contribution in [0.3, 0.4) is 0 Å². The lowest BCUT2D eigenvalue weighted by molar-refractivity contribution is -0.131. The van der Waals surface area contributed by atoms with Gasteiger partial charge in [-0.05, 0) is 36.6 Å². The molecule has 0 saturated carbocycles. The molecule has 1 saturated heterocycles. The number of likely N-dealkylation sites (tertiary alicyclic amines) is 1. The fourth-order valence-electron chi connectivity index (χ4n) is 3.72. The van der Waals surface area contributed by atoms with Gasteiger partial charge in [0.25, 0.3) is 5.91 Å². The lowest BCUT2D eigenvalue weighted by atomic mass is 9.98. The summed E-state index contributed by atoms with van der Waals surface area (Å²) >= 11 is 0. The van der Waals surface area contributed by atoms with Gasteiger partial charge < -0.3 is 19.7 Å². The van der Waals surface area contributed by atoms with Crippen molar-refractivity contribution in [3.05, 3.63) is 77.5 Å². The molecule has 1 aliphatic rings. The minimum Gasteiger partial charge on any atom is -0.506 e. The average Bonchev–Trinajstić information content (AvgIpc) is 3.27. The SMILES string of the molecule is O=C(NCC(=O)N1CCC[C@@H](c2ncc(Cc3ccc(F)cc3)o2)C1)c1cncc(O)c1. The molecule has 0 aliphatic carbocycles. The van der Waals surface area contributed by atoms with Gasteiger partial charge in [0.05, 0.1) is 30.4 Å². The Hall–Kier alpha value is -3.75. The zero-order chi connectivity index (χ0) is 22.5. The van der Waals surface area contributed by atoms with Crippen LogP contribution in [-0.4, -0.2) is 51.4 Å². The molecule has 1 aliphatic heterocycles. The second-order valence-electron chi connectivity index (χ2n) is 7.76. The highest BCUT2D eigenvalue weighted by molar-refractivity contribution is 5.96. The number of rotatable bonds is 6. The summed E-state index contributed by atoms with van der Waals surface area (Å²) < 4.78 is 19.0. The Labute approximate surface area is 184 Å². The third-order valence-corrected chi connectivity index (χ3v) is 5.37. The van der Waals surface area contributed by atoms with Crippen LogP contribution in [0.15, 0.2) is 53.3 Å². The first kappa shape index (κ1) is 21.5. The van der Waals surface area contributed by atoms with E-state index in [1.54, 1.807) is 23.2 Å². The number of pyridine rings is 1. The topological polar surface area (TPSA) is 109 Å². The molecule has 1 fully saturated rings. The zero-order valence-corrected chi connectivity index (χ0v) is 17.3. The minimum absolute atomic E-state index is 0.0272. The number of carbonyl (C=O) groups excluding carboxylic acids is 2. The Balaban J connectivity index is 1.32. The van der Waals surface area contributed by atoms with Crippen LogP contribution in [0.2, 0.25) is 0 Å². The number of amides is 2. The summed E-state index contributed by atoms with van der Waals surface area (Å²) in [4.78, 5) is 34.6. The Morgan fingerprint density at radius 2 is 2.03 bits per heavy atom. The number of aromatic nitrogens is 2. The first-order valence-corrected chi connectivity index (χ1v) is 10.4. The number of nitrogens with zero attached hydrogens (tertiary/aromatic N) is 3.